The second-order valence-electron chi connectivity index (χ2n) is 16.5. The molecule has 0 N–H and O–H groups in total. The van der Waals surface area contributed by atoms with E-state index in [0.717, 1.165) is 22.3 Å². The molecule has 282 valence electrons. The monoisotopic (exact) mass is 774 g/mol. The van der Waals surface area contributed by atoms with Crippen molar-refractivity contribution in [2.45, 2.75) is 5.41 Å². The molecule has 1 aliphatic heterocycles. The maximum Gasteiger partial charge on any atom is 0.0754 e. The molecule has 1 unspecified atom stereocenters. The van der Waals surface area contributed by atoms with Gasteiger partial charge in [0.1, 0.15) is 0 Å². The molecule has 0 saturated heterocycles. The van der Waals surface area contributed by atoms with E-state index in [4.69, 9.17) is 0 Å². The predicted molar refractivity (Wildman–Crippen MR) is 250 cm³/mol. The molecule has 1 aliphatic carbocycles. The average molecular weight is 775 g/mol. The minimum atomic E-state index is -0.619. The highest BCUT2D eigenvalue weighted by Gasteiger charge is 2.51. The van der Waals surface area contributed by atoms with E-state index in [0.29, 0.717) is 0 Å². The van der Waals surface area contributed by atoms with Crippen LogP contribution in [-0.4, -0.2) is 19.1 Å². The number of para-hydroxylation sites is 3. The van der Waals surface area contributed by atoms with Crippen molar-refractivity contribution in [3.05, 3.63) is 229 Å². The third-order valence-corrected chi connectivity index (χ3v) is 13.7. The van der Waals surface area contributed by atoms with Crippen LogP contribution in [0.4, 0.5) is 0 Å². The van der Waals surface area contributed by atoms with Gasteiger partial charge >= 0.3 is 0 Å². The summed E-state index contributed by atoms with van der Waals surface area (Å²) in [6.07, 6.45) is 7.65. The Morgan fingerprint density at radius 2 is 0.984 bits per heavy atom. The van der Waals surface area contributed by atoms with Crippen LogP contribution >= 0.6 is 0 Å². The molecule has 8 aromatic carbocycles. The van der Waals surface area contributed by atoms with E-state index in [-0.39, 0.29) is 0 Å². The van der Waals surface area contributed by atoms with E-state index < -0.39 is 5.41 Å². The third kappa shape index (κ3) is 4.23. The second-order valence-corrected chi connectivity index (χ2v) is 16.5. The first-order valence-corrected chi connectivity index (χ1v) is 21.0. The molecule has 2 aliphatic rings. The first kappa shape index (κ1) is 32.8. The summed E-state index contributed by atoms with van der Waals surface area (Å²) in [5.74, 6) is 0. The number of benzene rings is 8. The Morgan fingerprint density at radius 1 is 0.344 bits per heavy atom. The van der Waals surface area contributed by atoms with Gasteiger partial charge in [0.2, 0.25) is 0 Å². The Morgan fingerprint density at radius 3 is 1.84 bits per heavy atom. The van der Waals surface area contributed by atoms with Crippen molar-refractivity contribution in [2.24, 2.45) is 0 Å². The predicted octanol–water partition coefficient (Wildman–Crippen LogP) is 13.8. The zero-order valence-corrected chi connectivity index (χ0v) is 32.9. The highest BCUT2D eigenvalue weighted by atomic mass is 15.0. The maximum atomic E-state index is 4.56. The summed E-state index contributed by atoms with van der Waals surface area (Å²) in [6.45, 7) is 0. The lowest BCUT2D eigenvalue weighted by atomic mass is 9.65. The molecule has 0 radical (unpaired) electrons. The summed E-state index contributed by atoms with van der Waals surface area (Å²) in [7, 11) is 0. The number of fused-ring (bicyclic) bond motifs is 16. The fourth-order valence-corrected chi connectivity index (χ4v) is 11.2. The van der Waals surface area contributed by atoms with Gasteiger partial charge in [-0.1, -0.05) is 121 Å². The Kier molecular flexibility index (Phi) is 6.46. The summed E-state index contributed by atoms with van der Waals surface area (Å²) in [4.78, 5) is 9.07. The molecule has 0 saturated carbocycles. The Labute approximate surface area is 351 Å². The Balaban J connectivity index is 1.18. The summed E-state index contributed by atoms with van der Waals surface area (Å²) in [5, 5.41) is 7.42. The van der Waals surface area contributed by atoms with Gasteiger partial charge in [-0.15, -0.1) is 0 Å². The molecule has 61 heavy (non-hydrogen) atoms. The van der Waals surface area contributed by atoms with Crippen molar-refractivity contribution in [1.29, 1.82) is 0 Å². The fraction of sp³-hybridized carbons (Fsp3) is 0.0175. The van der Waals surface area contributed by atoms with Crippen molar-refractivity contribution in [1.82, 2.24) is 19.1 Å². The van der Waals surface area contributed by atoms with E-state index in [2.05, 4.69) is 189 Å². The van der Waals surface area contributed by atoms with E-state index >= 15 is 0 Å². The number of pyridine rings is 2. The van der Waals surface area contributed by atoms with E-state index in [1.54, 1.807) is 0 Å². The number of aromatic nitrogens is 4. The summed E-state index contributed by atoms with van der Waals surface area (Å²) >= 11 is 0. The van der Waals surface area contributed by atoms with E-state index in [9.17, 15) is 0 Å². The lowest BCUT2D eigenvalue weighted by Crippen LogP contribution is -2.33. The van der Waals surface area contributed by atoms with Gasteiger partial charge in [-0.25, -0.2) is 0 Å². The third-order valence-electron chi connectivity index (χ3n) is 13.7. The normalized spacial score (nSPS) is 15.0. The minimum absolute atomic E-state index is 0.619. The molecular formula is C57H34N4. The molecule has 1 spiro atoms. The molecule has 14 rings (SSSR count). The van der Waals surface area contributed by atoms with Crippen LogP contribution in [-0.2, 0) is 5.41 Å². The van der Waals surface area contributed by atoms with Crippen molar-refractivity contribution in [3.8, 4) is 44.8 Å². The van der Waals surface area contributed by atoms with Crippen LogP contribution in [0.2, 0.25) is 0 Å². The topological polar surface area (TPSA) is 35.6 Å². The zero-order chi connectivity index (χ0) is 39.8. The van der Waals surface area contributed by atoms with E-state index in [1.165, 1.54) is 99.1 Å². The van der Waals surface area contributed by atoms with Crippen LogP contribution in [0.25, 0.3) is 99.1 Å². The lowest BCUT2D eigenvalue weighted by Gasteiger charge is -2.39. The number of hydrogen-bond donors (Lipinski definition) is 0. The van der Waals surface area contributed by atoms with Crippen molar-refractivity contribution >= 4 is 54.4 Å². The smallest absolute Gasteiger partial charge is 0.0754 e. The molecule has 0 bridgehead atoms. The second kappa shape index (κ2) is 12.0. The Bertz CT molecular complexity index is 3810. The molecular weight excluding hydrogens is 741 g/mol. The molecule has 12 aromatic rings. The highest BCUT2D eigenvalue weighted by molar-refractivity contribution is 6.16. The van der Waals surface area contributed by atoms with Crippen molar-refractivity contribution in [3.63, 3.8) is 0 Å². The number of nitrogens with zero attached hydrogens (tertiary/aromatic N) is 4. The first-order chi connectivity index (χ1) is 30.3. The van der Waals surface area contributed by atoms with Crippen molar-refractivity contribution in [2.75, 3.05) is 0 Å². The van der Waals surface area contributed by atoms with Gasteiger partial charge in [-0.05, 0) is 116 Å². The van der Waals surface area contributed by atoms with Gasteiger partial charge in [0.15, 0.2) is 0 Å². The first-order valence-electron chi connectivity index (χ1n) is 21.0. The maximum absolute atomic E-state index is 4.56. The van der Waals surface area contributed by atoms with Gasteiger partial charge < -0.3 is 9.13 Å². The standard InChI is InChI=1S/C57H34N4/c1-2-15-40-35(11-1)12-7-22-51(40)60-53-26-24-36(38-13-9-27-58-33-38)29-45(53)46-31-50-44(32-55(46)60)41-25-23-37(39-14-10-28-59-34-39)30-49(41)57(50)47-18-4-6-21-54(47)61-52-20-5-3-16-42(52)43-17-8-19-48(57)56(43)61/h1-34H. The molecule has 1 atom stereocenters. The Hall–Kier alpha value is -8.08. The lowest BCUT2D eigenvalue weighted by molar-refractivity contribution is 0.749. The number of hydrogen-bond acceptors (Lipinski definition) is 2. The van der Waals surface area contributed by atoms with Crippen molar-refractivity contribution < 1.29 is 0 Å². The van der Waals surface area contributed by atoms with Crippen LogP contribution in [0, 0.1) is 0 Å². The zero-order valence-electron chi connectivity index (χ0n) is 32.9. The number of rotatable bonds is 3. The van der Waals surface area contributed by atoms with Crippen LogP contribution in [0.3, 0.4) is 0 Å². The molecule has 0 amide bonds. The van der Waals surface area contributed by atoms with Crippen LogP contribution in [0.15, 0.2) is 207 Å². The molecule has 4 nitrogen and oxygen atoms in total. The van der Waals surface area contributed by atoms with Crippen LogP contribution in [0.1, 0.15) is 22.3 Å². The van der Waals surface area contributed by atoms with Gasteiger partial charge in [0.25, 0.3) is 0 Å². The van der Waals surface area contributed by atoms with E-state index in [1.807, 2.05) is 36.9 Å². The van der Waals surface area contributed by atoms with Gasteiger partial charge in [0, 0.05) is 57.3 Å². The van der Waals surface area contributed by atoms with Crippen LogP contribution in [0.5, 0.6) is 0 Å². The SMILES string of the molecule is c1cncc(-c2ccc3c(c2)C2(c4cc5c6cc(-c7cccnc7)ccc6n(-c6cccc7ccccc67)c5cc4-3)c3ccccc3-n3c4ccccc4c4cccc2c43)c1. The summed E-state index contributed by atoms with van der Waals surface area (Å²) < 4.78 is 5.02. The quantitative estimate of drug-likeness (QED) is 0.179. The summed E-state index contributed by atoms with van der Waals surface area (Å²) in [6, 6.07) is 67.9. The molecule has 5 heterocycles. The minimum Gasteiger partial charge on any atom is -0.309 e. The highest BCUT2D eigenvalue weighted by Crippen LogP contribution is 2.62. The van der Waals surface area contributed by atoms with Gasteiger partial charge in [-0.2, -0.15) is 0 Å². The molecule has 4 heteroatoms. The largest absolute Gasteiger partial charge is 0.309 e. The fourth-order valence-electron chi connectivity index (χ4n) is 11.2. The van der Waals surface area contributed by atoms with Gasteiger partial charge in [0.05, 0.1) is 38.9 Å². The van der Waals surface area contributed by atoms with Crippen LogP contribution < -0.4 is 0 Å². The molecule has 4 aromatic heterocycles. The summed E-state index contributed by atoms with van der Waals surface area (Å²) in [5.41, 5.74) is 18.8. The average Bonchev–Trinajstić information content (AvgIpc) is 3.94. The van der Waals surface area contributed by atoms with Gasteiger partial charge in [-0.3, -0.25) is 9.97 Å². The molecule has 0 fully saturated rings.